The van der Waals surface area contributed by atoms with Gasteiger partial charge < -0.3 is 9.73 Å². The molecule has 3 aromatic rings. The Bertz CT molecular complexity index is 819. The Hall–Kier alpha value is -2.87. The van der Waals surface area contributed by atoms with E-state index >= 15 is 0 Å². The zero-order valence-electron chi connectivity index (χ0n) is 12.4. The van der Waals surface area contributed by atoms with Crippen LogP contribution >= 0.6 is 11.3 Å². The average molecular weight is 329 g/mol. The van der Waals surface area contributed by atoms with Gasteiger partial charge in [0.15, 0.2) is 5.76 Å². The number of amides is 2. The minimum absolute atomic E-state index is 0.325. The molecule has 0 saturated carbocycles. The van der Waals surface area contributed by atoms with Gasteiger partial charge in [-0.25, -0.2) is 9.78 Å². The van der Waals surface area contributed by atoms with Crippen molar-refractivity contribution in [3.63, 3.8) is 0 Å². The van der Waals surface area contributed by atoms with E-state index in [0.717, 1.165) is 11.4 Å². The van der Waals surface area contributed by atoms with Crippen molar-refractivity contribution >= 4 is 23.2 Å². The van der Waals surface area contributed by atoms with E-state index in [1.54, 1.807) is 23.1 Å². The lowest BCUT2D eigenvalue weighted by molar-refractivity contribution is 0.253. The standard InChI is InChI=1S/C15H15N5O2S/c1-3-6-16-14(21)18-13-8-10(2)19-20(13)15-17-11(9-23-15)12-5-4-7-22-12/h3-5,7-9H,1,6H2,2H3,(H2,16,18,21). The van der Waals surface area contributed by atoms with Crippen LogP contribution < -0.4 is 10.6 Å². The second-order valence-electron chi connectivity index (χ2n) is 4.70. The first-order chi connectivity index (χ1) is 11.2. The van der Waals surface area contributed by atoms with Gasteiger partial charge in [0.2, 0.25) is 5.13 Å². The summed E-state index contributed by atoms with van der Waals surface area (Å²) in [6, 6.07) is 5.11. The molecule has 7 nitrogen and oxygen atoms in total. The summed E-state index contributed by atoms with van der Waals surface area (Å²) in [6.07, 6.45) is 3.21. The molecule has 0 fully saturated rings. The Morgan fingerprint density at radius 3 is 3.17 bits per heavy atom. The smallest absolute Gasteiger partial charge is 0.320 e. The number of nitrogens with zero attached hydrogens (tertiary/aromatic N) is 3. The van der Waals surface area contributed by atoms with Crippen molar-refractivity contribution < 1.29 is 9.21 Å². The summed E-state index contributed by atoms with van der Waals surface area (Å²) >= 11 is 1.41. The number of urea groups is 1. The van der Waals surface area contributed by atoms with E-state index in [9.17, 15) is 4.79 Å². The molecular weight excluding hydrogens is 314 g/mol. The van der Waals surface area contributed by atoms with Crippen LogP contribution in [-0.4, -0.2) is 27.3 Å². The van der Waals surface area contributed by atoms with E-state index in [0.29, 0.717) is 23.3 Å². The van der Waals surface area contributed by atoms with Gasteiger partial charge in [-0.2, -0.15) is 9.78 Å². The Balaban J connectivity index is 1.85. The van der Waals surface area contributed by atoms with Crippen LogP contribution in [0.3, 0.4) is 0 Å². The van der Waals surface area contributed by atoms with Crippen molar-refractivity contribution in [2.24, 2.45) is 0 Å². The Kier molecular flexibility index (Phi) is 4.24. The van der Waals surface area contributed by atoms with Gasteiger partial charge in [0.05, 0.1) is 12.0 Å². The number of hydrogen-bond donors (Lipinski definition) is 2. The van der Waals surface area contributed by atoms with Crippen molar-refractivity contribution in [2.45, 2.75) is 6.92 Å². The number of rotatable bonds is 5. The Morgan fingerprint density at radius 2 is 2.43 bits per heavy atom. The first-order valence-corrected chi connectivity index (χ1v) is 7.77. The summed E-state index contributed by atoms with van der Waals surface area (Å²) in [5.74, 6) is 1.24. The molecule has 0 aliphatic rings. The van der Waals surface area contributed by atoms with Crippen molar-refractivity contribution in [3.8, 4) is 16.6 Å². The number of aryl methyl sites for hydroxylation is 1. The summed E-state index contributed by atoms with van der Waals surface area (Å²) in [6.45, 7) is 5.80. The quantitative estimate of drug-likeness (QED) is 0.704. The number of anilines is 1. The molecule has 118 valence electrons. The van der Waals surface area contributed by atoms with E-state index in [-0.39, 0.29) is 6.03 Å². The fraction of sp³-hybridized carbons (Fsp3) is 0.133. The van der Waals surface area contributed by atoms with Crippen LogP contribution in [0.1, 0.15) is 5.69 Å². The van der Waals surface area contributed by atoms with Gasteiger partial charge in [-0.05, 0) is 19.1 Å². The highest BCUT2D eigenvalue weighted by Crippen LogP contribution is 2.26. The van der Waals surface area contributed by atoms with Crippen molar-refractivity contribution in [2.75, 3.05) is 11.9 Å². The molecule has 0 radical (unpaired) electrons. The summed E-state index contributed by atoms with van der Waals surface area (Å²) in [5, 5.41) is 12.3. The maximum absolute atomic E-state index is 11.8. The van der Waals surface area contributed by atoms with Gasteiger partial charge in [-0.1, -0.05) is 6.08 Å². The Labute approximate surface area is 136 Å². The third-order valence-electron chi connectivity index (χ3n) is 2.93. The van der Waals surface area contributed by atoms with Crippen LogP contribution in [0, 0.1) is 6.92 Å². The van der Waals surface area contributed by atoms with E-state index < -0.39 is 0 Å². The number of aromatic nitrogens is 3. The minimum Gasteiger partial charge on any atom is -0.463 e. The predicted molar refractivity (Wildman–Crippen MR) is 88.9 cm³/mol. The summed E-state index contributed by atoms with van der Waals surface area (Å²) in [7, 11) is 0. The maximum Gasteiger partial charge on any atom is 0.320 e. The Morgan fingerprint density at radius 1 is 1.57 bits per heavy atom. The first-order valence-electron chi connectivity index (χ1n) is 6.89. The van der Waals surface area contributed by atoms with Gasteiger partial charge >= 0.3 is 6.03 Å². The van der Waals surface area contributed by atoms with Crippen LogP contribution in [0.4, 0.5) is 10.6 Å². The number of furan rings is 1. The summed E-state index contributed by atoms with van der Waals surface area (Å²) in [5.41, 5.74) is 1.50. The first kappa shape index (κ1) is 15.0. The van der Waals surface area contributed by atoms with Crippen molar-refractivity contribution in [1.29, 1.82) is 0 Å². The zero-order chi connectivity index (χ0) is 16.2. The SMILES string of the molecule is C=CCNC(=O)Nc1cc(C)nn1-c1nc(-c2ccco2)cs1. The summed E-state index contributed by atoms with van der Waals surface area (Å²) < 4.78 is 6.94. The lowest BCUT2D eigenvalue weighted by Crippen LogP contribution is -2.29. The largest absolute Gasteiger partial charge is 0.463 e. The topological polar surface area (TPSA) is 85.0 Å². The number of thiazole rings is 1. The molecule has 23 heavy (non-hydrogen) atoms. The molecule has 0 unspecified atom stereocenters. The third-order valence-corrected chi connectivity index (χ3v) is 3.74. The second kappa shape index (κ2) is 6.49. The molecule has 3 aromatic heterocycles. The normalized spacial score (nSPS) is 10.5. The van der Waals surface area contributed by atoms with Gasteiger partial charge in [0.1, 0.15) is 11.5 Å². The molecule has 0 saturated heterocycles. The molecule has 2 N–H and O–H groups in total. The fourth-order valence-corrected chi connectivity index (χ4v) is 2.73. The van der Waals surface area contributed by atoms with Gasteiger partial charge in [0, 0.05) is 18.0 Å². The number of carbonyl (C=O) groups excluding carboxylic acids is 1. The molecule has 8 heteroatoms. The number of nitrogens with one attached hydrogen (secondary N) is 2. The lowest BCUT2D eigenvalue weighted by Gasteiger charge is -2.06. The molecule has 0 spiro atoms. The van der Waals surface area contributed by atoms with Crippen LogP contribution in [0.15, 0.2) is 46.9 Å². The monoisotopic (exact) mass is 329 g/mol. The van der Waals surface area contributed by atoms with Crippen LogP contribution in [0.5, 0.6) is 0 Å². The van der Waals surface area contributed by atoms with Gasteiger partial charge in [0.25, 0.3) is 0 Å². The van der Waals surface area contributed by atoms with Gasteiger partial charge in [-0.3, -0.25) is 5.32 Å². The average Bonchev–Trinajstić information content (AvgIpc) is 3.24. The molecule has 0 aliphatic carbocycles. The van der Waals surface area contributed by atoms with Crippen LogP contribution in [0.25, 0.3) is 16.6 Å². The maximum atomic E-state index is 11.8. The van der Waals surface area contributed by atoms with Crippen molar-refractivity contribution in [1.82, 2.24) is 20.1 Å². The minimum atomic E-state index is -0.325. The molecule has 0 atom stereocenters. The van der Waals surface area contributed by atoms with E-state index in [4.69, 9.17) is 4.42 Å². The molecule has 0 aliphatic heterocycles. The molecule has 3 rings (SSSR count). The molecule has 0 aromatic carbocycles. The van der Waals surface area contributed by atoms with Gasteiger partial charge in [-0.15, -0.1) is 17.9 Å². The van der Waals surface area contributed by atoms with E-state index in [1.807, 2.05) is 24.4 Å². The predicted octanol–water partition coefficient (Wildman–Crippen LogP) is 3.20. The zero-order valence-corrected chi connectivity index (χ0v) is 13.3. The van der Waals surface area contributed by atoms with Crippen LogP contribution in [-0.2, 0) is 0 Å². The second-order valence-corrected chi connectivity index (χ2v) is 5.54. The molecular formula is C15H15N5O2S. The van der Waals surface area contributed by atoms with E-state index in [2.05, 4.69) is 27.3 Å². The van der Waals surface area contributed by atoms with Crippen molar-refractivity contribution in [3.05, 3.63) is 48.2 Å². The highest BCUT2D eigenvalue weighted by Gasteiger charge is 2.14. The number of hydrogen-bond acceptors (Lipinski definition) is 5. The molecule has 2 amide bonds. The highest BCUT2D eigenvalue weighted by molar-refractivity contribution is 7.12. The highest BCUT2D eigenvalue weighted by atomic mass is 32.1. The van der Waals surface area contributed by atoms with Crippen LogP contribution in [0.2, 0.25) is 0 Å². The molecule has 3 heterocycles. The molecule has 0 bridgehead atoms. The summed E-state index contributed by atoms with van der Waals surface area (Å²) in [4.78, 5) is 16.3. The fourth-order valence-electron chi connectivity index (χ4n) is 1.96. The third kappa shape index (κ3) is 3.32. The lowest BCUT2D eigenvalue weighted by atomic mass is 10.4. The van der Waals surface area contributed by atoms with E-state index in [1.165, 1.54) is 11.3 Å². The number of carbonyl (C=O) groups is 1.